The Kier molecular flexibility index (Phi) is 4.27. The molecule has 0 amide bonds. The van der Waals surface area contributed by atoms with E-state index in [0.29, 0.717) is 5.57 Å². The first kappa shape index (κ1) is 13.2. The molecule has 1 rings (SSSR count). The Labute approximate surface area is 102 Å². The van der Waals surface area contributed by atoms with Crippen LogP contribution >= 0.6 is 0 Å². The van der Waals surface area contributed by atoms with Crippen LogP contribution in [0.4, 0.5) is 0 Å². The number of Topliss-reactive ketones (excluding diaryl/α,β-unsaturated/α-hetero) is 1. The fraction of sp³-hybridized carbons (Fsp3) is 0.267. The van der Waals surface area contributed by atoms with Gasteiger partial charge >= 0.3 is 0 Å². The Morgan fingerprint density at radius 3 is 2.06 bits per heavy atom. The smallest absolute Gasteiger partial charge is 0.163 e. The number of aryl methyl sites for hydroxylation is 1. The monoisotopic (exact) mass is 230 g/mol. The molecule has 0 aliphatic heterocycles. The third kappa shape index (κ3) is 3.06. The van der Waals surface area contributed by atoms with E-state index in [9.17, 15) is 9.90 Å². The average molecular weight is 230 g/mol. The average Bonchev–Trinajstić information content (AvgIpc) is 2.26. The number of carbonyl (C=O) groups excluding carboxylic acids is 1. The van der Waals surface area contributed by atoms with E-state index in [2.05, 4.69) is 0 Å². The van der Waals surface area contributed by atoms with Gasteiger partial charge in [0.15, 0.2) is 5.78 Å². The number of benzene rings is 1. The zero-order chi connectivity index (χ0) is 13.0. The van der Waals surface area contributed by atoms with Gasteiger partial charge in [0.05, 0.1) is 5.57 Å². The van der Waals surface area contributed by atoms with Crippen molar-refractivity contribution in [2.24, 2.45) is 0 Å². The summed E-state index contributed by atoms with van der Waals surface area (Å²) in [6.07, 6.45) is 1.85. The van der Waals surface area contributed by atoms with E-state index >= 15 is 0 Å². The Balaban J connectivity index is 3.30. The minimum absolute atomic E-state index is 0.0613. The highest BCUT2D eigenvalue weighted by Crippen LogP contribution is 2.26. The second-order valence-corrected chi connectivity index (χ2v) is 4.08. The van der Waals surface area contributed by atoms with E-state index < -0.39 is 0 Å². The Morgan fingerprint density at radius 1 is 1.18 bits per heavy atom. The molecule has 0 aromatic heterocycles. The van der Waals surface area contributed by atoms with E-state index in [4.69, 9.17) is 0 Å². The molecule has 17 heavy (non-hydrogen) atoms. The molecule has 0 aliphatic carbocycles. The van der Waals surface area contributed by atoms with Crippen LogP contribution in [0.15, 0.2) is 41.7 Å². The summed E-state index contributed by atoms with van der Waals surface area (Å²) in [5.41, 5.74) is 3.27. The van der Waals surface area contributed by atoms with Gasteiger partial charge in [-0.3, -0.25) is 4.79 Å². The summed E-state index contributed by atoms with van der Waals surface area (Å²) < 4.78 is 0. The third-order valence-electron chi connectivity index (χ3n) is 2.63. The molecule has 0 heterocycles. The standard InChI is InChI=1S/C15H18O2/c1-5-14(15(11(3)16)12(4)17)13-8-6-10(2)7-9-13/h5-9,16H,1-4H3/b14-5+,15-11+. The summed E-state index contributed by atoms with van der Waals surface area (Å²) in [5.74, 6) is -0.0650. The molecule has 2 nitrogen and oxygen atoms in total. The van der Waals surface area contributed by atoms with Crippen molar-refractivity contribution in [3.63, 3.8) is 0 Å². The van der Waals surface area contributed by atoms with Crippen molar-refractivity contribution in [2.45, 2.75) is 27.7 Å². The van der Waals surface area contributed by atoms with Crippen molar-refractivity contribution in [2.75, 3.05) is 0 Å². The number of allylic oxidation sites excluding steroid dienone is 4. The zero-order valence-corrected chi connectivity index (χ0v) is 10.7. The molecule has 0 aliphatic rings. The number of carbonyl (C=O) groups is 1. The van der Waals surface area contributed by atoms with Gasteiger partial charge in [0.2, 0.25) is 0 Å². The maximum absolute atomic E-state index is 11.6. The van der Waals surface area contributed by atoms with Crippen LogP contribution in [0.1, 0.15) is 31.9 Å². The molecular formula is C15H18O2. The van der Waals surface area contributed by atoms with Gasteiger partial charge in [-0.05, 0) is 38.8 Å². The van der Waals surface area contributed by atoms with Gasteiger partial charge in [0, 0.05) is 0 Å². The lowest BCUT2D eigenvalue weighted by molar-refractivity contribution is -0.113. The number of hydrogen-bond donors (Lipinski definition) is 1. The van der Waals surface area contributed by atoms with Crippen LogP contribution in [0, 0.1) is 6.92 Å². The summed E-state index contributed by atoms with van der Waals surface area (Å²) >= 11 is 0. The quantitative estimate of drug-likeness (QED) is 0.487. The maximum Gasteiger partial charge on any atom is 0.163 e. The molecule has 0 radical (unpaired) electrons. The van der Waals surface area contributed by atoms with Crippen LogP contribution in [0.5, 0.6) is 0 Å². The van der Waals surface area contributed by atoms with Crippen LogP contribution in [-0.4, -0.2) is 10.9 Å². The van der Waals surface area contributed by atoms with Crippen molar-refractivity contribution >= 4 is 11.4 Å². The predicted octanol–water partition coefficient (Wildman–Crippen LogP) is 3.82. The molecule has 0 saturated carbocycles. The first-order chi connectivity index (χ1) is 7.97. The molecular weight excluding hydrogens is 212 g/mol. The van der Waals surface area contributed by atoms with Gasteiger partial charge in [-0.1, -0.05) is 35.9 Å². The van der Waals surface area contributed by atoms with Crippen molar-refractivity contribution in [1.82, 2.24) is 0 Å². The van der Waals surface area contributed by atoms with E-state index in [1.54, 1.807) is 0 Å². The highest BCUT2D eigenvalue weighted by molar-refractivity contribution is 6.09. The maximum atomic E-state index is 11.6. The number of rotatable bonds is 3. The molecule has 1 N–H and O–H groups in total. The molecule has 1 aromatic rings. The summed E-state index contributed by atoms with van der Waals surface area (Å²) in [6.45, 7) is 6.88. The first-order valence-electron chi connectivity index (χ1n) is 5.62. The van der Waals surface area contributed by atoms with Crippen molar-refractivity contribution < 1.29 is 9.90 Å². The molecule has 0 fully saturated rings. The van der Waals surface area contributed by atoms with E-state index in [1.807, 2.05) is 44.2 Å². The van der Waals surface area contributed by atoms with Crippen LogP contribution in [0.3, 0.4) is 0 Å². The second kappa shape index (κ2) is 5.48. The number of ketones is 1. The topological polar surface area (TPSA) is 37.3 Å². The van der Waals surface area contributed by atoms with Gasteiger partial charge < -0.3 is 5.11 Å². The van der Waals surface area contributed by atoms with Gasteiger partial charge in [-0.25, -0.2) is 0 Å². The lowest BCUT2D eigenvalue weighted by atomic mass is 9.94. The van der Waals surface area contributed by atoms with E-state index in [0.717, 1.165) is 11.1 Å². The molecule has 2 heteroatoms. The Hall–Kier alpha value is -1.83. The highest BCUT2D eigenvalue weighted by atomic mass is 16.3. The summed E-state index contributed by atoms with van der Waals surface area (Å²) in [7, 11) is 0. The lowest BCUT2D eigenvalue weighted by Crippen LogP contribution is -2.03. The van der Waals surface area contributed by atoms with Crippen molar-refractivity contribution in [1.29, 1.82) is 0 Å². The minimum atomic E-state index is -0.126. The van der Waals surface area contributed by atoms with Crippen LogP contribution in [0.25, 0.3) is 5.57 Å². The second-order valence-electron chi connectivity index (χ2n) is 4.08. The van der Waals surface area contributed by atoms with Gasteiger partial charge in [-0.2, -0.15) is 0 Å². The number of aliphatic hydroxyl groups excluding tert-OH is 1. The highest BCUT2D eigenvalue weighted by Gasteiger charge is 2.14. The third-order valence-corrected chi connectivity index (χ3v) is 2.63. The van der Waals surface area contributed by atoms with Crippen LogP contribution < -0.4 is 0 Å². The van der Waals surface area contributed by atoms with Crippen LogP contribution in [0.2, 0.25) is 0 Å². The number of aliphatic hydroxyl groups is 1. The SMILES string of the molecule is C/C=C(/C(C(C)=O)=C(\C)O)c1ccc(C)cc1. The predicted molar refractivity (Wildman–Crippen MR) is 70.8 cm³/mol. The zero-order valence-electron chi connectivity index (χ0n) is 10.7. The van der Waals surface area contributed by atoms with E-state index in [1.165, 1.54) is 19.4 Å². The molecule has 90 valence electrons. The Bertz CT molecular complexity index is 472. The molecule has 0 saturated heterocycles. The summed E-state index contributed by atoms with van der Waals surface area (Å²) in [4.78, 5) is 11.6. The van der Waals surface area contributed by atoms with Gasteiger partial charge in [0.1, 0.15) is 5.76 Å². The fourth-order valence-electron chi connectivity index (χ4n) is 1.83. The van der Waals surface area contributed by atoms with E-state index in [-0.39, 0.29) is 11.5 Å². The molecule has 0 bridgehead atoms. The molecule has 0 spiro atoms. The molecule has 1 aromatic carbocycles. The van der Waals surface area contributed by atoms with Crippen molar-refractivity contribution in [3.8, 4) is 0 Å². The van der Waals surface area contributed by atoms with Crippen LogP contribution in [-0.2, 0) is 4.79 Å². The van der Waals surface area contributed by atoms with Crippen molar-refractivity contribution in [3.05, 3.63) is 52.8 Å². The molecule has 0 atom stereocenters. The first-order valence-corrected chi connectivity index (χ1v) is 5.62. The summed E-state index contributed by atoms with van der Waals surface area (Å²) in [6, 6.07) is 7.89. The lowest BCUT2D eigenvalue weighted by Gasteiger charge is -2.11. The van der Waals surface area contributed by atoms with Gasteiger partial charge in [0.25, 0.3) is 0 Å². The summed E-state index contributed by atoms with van der Waals surface area (Å²) in [5, 5.41) is 9.62. The normalized spacial score (nSPS) is 13.3. The van der Waals surface area contributed by atoms with Gasteiger partial charge in [-0.15, -0.1) is 0 Å². The largest absolute Gasteiger partial charge is 0.512 e. The number of hydrogen-bond acceptors (Lipinski definition) is 2. The fourth-order valence-corrected chi connectivity index (χ4v) is 1.83. The molecule has 0 unspecified atom stereocenters. The minimum Gasteiger partial charge on any atom is -0.512 e. The Morgan fingerprint density at radius 2 is 1.71 bits per heavy atom.